The second kappa shape index (κ2) is 8.59. The SMILES string of the molecule is Cc1[nH]c(/C=C2\C(=O)Nc3ccccc32)c(-c2ccccc2)c1C(=O)NCC(O)CO. The molecule has 5 N–H and O–H groups in total. The number of aryl methyl sites for hydroxylation is 1. The molecule has 4 rings (SSSR count). The molecule has 0 bridgehead atoms. The Bertz CT molecular complexity index is 1160. The molecule has 2 heterocycles. The van der Waals surface area contributed by atoms with Crippen LogP contribution < -0.4 is 10.6 Å². The number of aliphatic hydroxyl groups is 2. The van der Waals surface area contributed by atoms with Gasteiger partial charge in [0.05, 0.1) is 23.8 Å². The van der Waals surface area contributed by atoms with Gasteiger partial charge in [0.2, 0.25) is 0 Å². The van der Waals surface area contributed by atoms with Crippen molar-refractivity contribution >= 4 is 29.2 Å². The van der Waals surface area contributed by atoms with Gasteiger partial charge >= 0.3 is 0 Å². The van der Waals surface area contributed by atoms with Crippen LogP contribution in [-0.2, 0) is 4.79 Å². The molecule has 1 aliphatic heterocycles. The van der Waals surface area contributed by atoms with Crippen molar-refractivity contribution in [3.05, 3.63) is 77.1 Å². The summed E-state index contributed by atoms with van der Waals surface area (Å²) in [5.74, 6) is -0.578. The Labute approximate surface area is 179 Å². The summed E-state index contributed by atoms with van der Waals surface area (Å²) in [5, 5.41) is 24.1. The number of rotatable bonds is 6. The Kier molecular flexibility index (Phi) is 5.70. The lowest BCUT2D eigenvalue weighted by Gasteiger charge is -2.11. The Balaban J connectivity index is 1.83. The number of anilines is 1. The molecule has 0 spiro atoms. The first-order valence-corrected chi connectivity index (χ1v) is 9.97. The van der Waals surface area contributed by atoms with Crippen LogP contribution in [0, 0.1) is 6.92 Å². The maximum absolute atomic E-state index is 13.0. The molecule has 0 saturated heterocycles. The van der Waals surface area contributed by atoms with Gasteiger partial charge in [-0.25, -0.2) is 0 Å². The van der Waals surface area contributed by atoms with Crippen molar-refractivity contribution in [1.29, 1.82) is 0 Å². The highest BCUT2D eigenvalue weighted by Crippen LogP contribution is 2.36. The fourth-order valence-corrected chi connectivity index (χ4v) is 3.74. The van der Waals surface area contributed by atoms with E-state index in [1.807, 2.05) is 54.6 Å². The summed E-state index contributed by atoms with van der Waals surface area (Å²) in [7, 11) is 0. The zero-order valence-corrected chi connectivity index (χ0v) is 17.0. The van der Waals surface area contributed by atoms with Gasteiger partial charge in [0.25, 0.3) is 11.8 Å². The standard InChI is InChI=1S/C24H23N3O4/c1-14-21(24(31)25-12-16(29)13-28)22(15-7-3-2-4-8-15)20(26-14)11-18-17-9-5-6-10-19(17)27-23(18)30/h2-11,16,26,28-29H,12-13H2,1H3,(H,25,31)(H,27,30)/b18-11-. The van der Waals surface area contributed by atoms with Crippen LogP contribution in [0.25, 0.3) is 22.8 Å². The molecular weight excluding hydrogens is 394 g/mol. The Morgan fingerprint density at radius 2 is 1.84 bits per heavy atom. The largest absolute Gasteiger partial charge is 0.394 e. The van der Waals surface area contributed by atoms with E-state index in [-0.39, 0.29) is 18.4 Å². The number of carbonyl (C=O) groups is 2. The monoisotopic (exact) mass is 417 g/mol. The number of aliphatic hydroxyl groups excluding tert-OH is 2. The van der Waals surface area contributed by atoms with Crippen molar-refractivity contribution in [2.45, 2.75) is 13.0 Å². The maximum Gasteiger partial charge on any atom is 0.256 e. The van der Waals surface area contributed by atoms with Gasteiger partial charge in [-0.05, 0) is 24.6 Å². The van der Waals surface area contributed by atoms with Crippen LogP contribution in [-0.4, -0.2) is 46.3 Å². The molecule has 31 heavy (non-hydrogen) atoms. The molecule has 3 aromatic rings. The van der Waals surface area contributed by atoms with Gasteiger partial charge in [0, 0.05) is 34.7 Å². The van der Waals surface area contributed by atoms with Crippen LogP contribution in [0.2, 0.25) is 0 Å². The predicted octanol–water partition coefficient (Wildman–Crippen LogP) is 2.57. The molecule has 0 radical (unpaired) electrons. The molecule has 1 atom stereocenters. The van der Waals surface area contributed by atoms with Gasteiger partial charge in [0.15, 0.2) is 0 Å². The fourth-order valence-electron chi connectivity index (χ4n) is 3.74. The third kappa shape index (κ3) is 4.01. The van der Waals surface area contributed by atoms with E-state index in [0.29, 0.717) is 28.1 Å². The van der Waals surface area contributed by atoms with E-state index < -0.39 is 12.7 Å². The van der Waals surface area contributed by atoms with E-state index in [2.05, 4.69) is 15.6 Å². The van der Waals surface area contributed by atoms with Gasteiger partial charge in [-0.3, -0.25) is 9.59 Å². The van der Waals surface area contributed by atoms with Crippen molar-refractivity contribution < 1.29 is 19.8 Å². The maximum atomic E-state index is 13.0. The van der Waals surface area contributed by atoms with E-state index in [1.165, 1.54) is 0 Å². The fraction of sp³-hybridized carbons (Fsp3) is 0.167. The van der Waals surface area contributed by atoms with Crippen molar-refractivity contribution in [2.75, 3.05) is 18.5 Å². The molecular formula is C24H23N3O4. The van der Waals surface area contributed by atoms with Crippen LogP contribution in [0.5, 0.6) is 0 Å². The quantitative estimate of drug-likeness (QED) is 0.397. The van der Waals surface area contributed by atoms with E-state index >= 15 is 0 Å². The van der Waals surface area contributed by atoms with Gasteiger partial charge < -0.3 is 25.8 Å². The average Bonchev–Trinajstić information content (AvgIpc) is 3.28. The summed E-state index contributed by atoms with van der Waals surface area (Å²) in [4.78, 5) is 28.8. The van der Waals surface area contributed by atoms with Crippen LogP contribution in [0.4, 0.5) is 5.69 Å². The van der Waals surface area contributed by atoms with Gasteiger partial charge in [0.1, 0.15) is 0 Å². The zero-order valence-electron chi connectivity index (χ0n) is 17.0. The molecule has 7 nitrogen and oxygen atoms in total. The number of nitrogens with one attached hydrogen (secondary N) is 3. The zero-order chi connectivity index (χ0) is 22.0. The summed E-state index contributed by atoms with van der Waals surface area (Å²) in [6, 6.07) is 16.9. The normalized spacial score (nSPS) is 14.9. The first-order valence-electron chi connectivity index (χ1n) is 9.97. The summed E-state index contributed by atoms with van der Waals surface area (Å²) < 4.78 is 0. The number of amides is 2. The molecule has 0 saturated carbocycles. The first kappa shape index (κ1) is 20.6. The Morgan fingerprint density at radius 3 is 2.58 bits per heavy atom. The van der Waals surface area contributed by atoms with Crippen molar-refractivity contribution in [2.24, 2.45) is 0 Å². The van der Waals surface area contributed by atoms with E-state index in [0.717, 1.165) is 16.8 Å². The smallest absolute Gasteiger partial charge is 0.256 e. The third-order valence-electron chi connectivity index (χ3n) is 5.21. The lowest BCUT2D eigenvalue weighted by Crippen LogP contribution is -2.34. The summed E-state index contributed by atoms with van der Waals surface area (Å²) in [5.41, 5.74) is 5.24. The highest BCUT2D eigenvalue weighted by atomic mass is 16.3. The summed E-state index contributed by atoms with van der Waals surface area (Å²) in [6.07, 6.45) is 0.721. The number of aromatic amines is 1. The molecule has 1 unspecified atom stereocenters. The minimum absolute atomic E-state index is 0.0691. The van der Waals surface area contributed by atoms with Crippen molar-refractivity contribution in [3.8, 4) is 11.1 Å². The van der Waals surface area contributed by atoms with Gasteiger partial charge in [-0.2, -0.15) is 0 Å². The third-order valence-corrected chi connectivity index (χ3v) is 5.21. The predicted molar refractivity (Wildman–Crippen MR) is 119 cm³/mol. The minimum Gasteiger partial charge on any atom is -0.394 e. The number of H-pyrrole nitrogens is 1. The first-order chi connectivity index (χ1) is 15.0. The molecule has 1 aliphatic rings. The van der Waals surface area contributed by atoms with Gasteiger partial charge in [-0.1, -0.05) is 48.5 Å². The number of benzene rings is 2. The highest BCUT2D eigenvalue weighted by molar-refractivity contribution is 6.35. The van der Waals surface area contributed by atoms with Gasteiger partial charge in [-0.15, -0.1) is 0 Å². The van der Waals surface area contributed by atoms with Crippen LogP contribution in [0.3, 0.4) is 0 Å². The second-order valence-electron chi connectivity index (χ2n) is 7.38. The van der Waals surface area contributed by atoms with E-state index in [9.17, 15) is 14.7 Å². The molecule has 7 heteroatoms. The molecule has 0 aliphatic carbocycles. The second-order valence-corrected chi connectivity index (χ2v) is 7.38. The molecule has 158 valence electrons. The van der Waals surface area contributed by atoms with E-state index in [4.69, 9.17) is 5.11 Å². The lowest BCUT2D eigenvalue weighted by molar-refractivity contribution is -0.110. The minimum atomic E-state index is -1.04. The molecule has 1 aromatic heterocycles. The van der Waals surface area contributed by atoms with E-state index in [1.54, 1.807) is 13.0 Å². The Hall–Kier alpha value is -3.68. The van der Waals surface area contributed by atoms with Crippen molar-refractivity contribution in [1.82, 2.24) is 10.3 Å². The van der Waals surface area contributed by atoms with Crippen LogP contribution in [0.15, 0.2) is 54.6 Å². The average molecular weight is 417 g/mol. The number of carbonyl (C=O) groups excluding carboxylic acids is 2. The lowest BCUT2D eigenvalue weighted by atomic mass is 9.97. The summed E-state index contributed by atoms with van der Waals surface area (Å²) >= 11 is 0. The number of hydrogen-bond donors (Lipinski definition) is 5. The Morgan fingerprint density at radius 1 is 1.13 bits per heavy atom. The number of hydrogen-bond acceptors (Lipinski definition) is 4. The topological polar surface area (TPSA) is 114 Å². The number of para-hydroxylation sites is 1. The molecule has 2 amide bonds. The summed E-state index contributed by atoms with van der Waals surface area (Å²) in [6.45, 7) is 1.28. The number of fused-ring (bicyclic) bond motifs is 1. The molecule has 2 aromatic carbocycles. The van der Waals surface area contributed by atoms with Crippen molar-refractivity contribution in [3.63, 3.8) is 0 Å². The molecule has 0 fully saturated rings. The number of aromatic nitrogens is 1. The van der Waals surface area contributed by atoms with Crippen LogP contribution in [0.1, 0.15) is 27.3 Å². The highest BCUT2D eigenvalue weighted by Gasteiger charge is 2.26. The van der Waals surface area contributed by atoms with Crippen LogP contribution >= 0.6 is 0 Å².